The molecule has 1 unspecified atom stereocenters. The van der Waals surface area contributed by atoms with Crippen molar-refractivity contribution in [3.8, 4) is 16.5 Å². The van der Waals surface area contributed by atoms with Crippen molar-refractivity contribution in [2.75, 3.05) is 33.8 Å². The van der Waals surface area contributed by atoms with E-state index in [1.165, 1.54) is 0 Å². The van der Waals surface area contributed by atoms with E-state index >= 15 is 0 Å². The average molecular weight is 294 g/mol. The van der Waals surface area contributed by atoms with Gasteiger partial charge in [-0.15, -0.1) is 11.3 Å². The molecule has 0 radical (unpaired) electrons. The van der Waals surface area contributed by atoms with Crippen LogP contribution in [0.5, 0.6) is 5.75 Å². The molecule has 6 nitrogen and oxygen atoms in total. The number of hydrogen-bond donors (Lipinski definition) is 1. The summed E-state index contributed by atoms with van der Waals surface area (Å²) in [7, 11) is 3.73. The van der Waals surface area contributed by atoms with Crippen LogP contribution in [0.2, 0.25) is 0 Å². The third kappa shape index (κ3) is 2.44. The molecular weight excluding hydrogens is 276 g/mol. The van der Waals surface area contributed by atoms with Crippen LogP contribution in [0.25, 0.3) is 10.8 Å². The van der Waals surface area contributed by atoms with Gasteiger partial charge in [0.2, 0.25) is 0 Å². The molecule has 1 aliphatic heterocycles. The number of aromatic nitrogens is 2. The highest BCUT2D eigenvalue weighted by molar-refractivity contribution is 7.15. The number of hydrogen-bond acceptors (Lipinski definition) is 7. The molecule has 3 rings (SSSR count). The topological polar surface area (TPSA) is 63.4 Å². The highest BCUT2D eigenvalue weighted by Crippen LogP contribution is 2.37. The molecule has 2 aromatic heterocycles. The maximum absolute atomic E-state index is 5.42. The second kappa shape index (κ2) is 5.51. The first-order valence-electron chi connectivity index (χ1n) is 6.58. The van der Waals surface area contributed by atoms with Crippen LogP contribution >= 0.6 is 11.3 Å². The number of nitrogens with one attached hydrogen (secondary N) is 1. The van der Waals surface area contributed by atoms with E-state index in [1.54, 1.807) is 18.4 Å². The van der Waals surface area contributed by atoms with Gasteiger partial charge in [-0.1, -0.05) is 5.16 Å². The fourth-order valence-corrected chi connectivity index (χ4v) is 3.25. The van der Waals surface area contributed by atoms with Crippen LogP contribution in [0.1, 0.15) is 16.7 Å². The Balaban J connectivity index is 1.89. The SMILES string of the molecule is COc1cc(C)sc1-c1nc(C2CNCCN2C)no1. The summed E-state index contributed by atoms with van der Waals surface area (Å²) in [4.78, 5) is 8.84. The third-order valence-electron chi connectivity index (χ3n) is 3.49. The van der Waals surface area contributed by atoms with E-state index in [9.17, 15) is 0 Å². The number of rotatable bonds is 3. The van der Waals surface area contributed by atoms with Crippen molar-refractivity contribution in [3.05, 3.63) is 16.8 Å². The van der Waals surface area contributed by atoms with Crippen LogP contribution in [-0.2, 0) is 0 Å². The molecular formula is C13H18N4O2S. The zero-order chi connectivity index (χ0) is 14.1. The van der Waals surface area contributed by atoms with Crippen molar-refractivity contribution in [1.29, 1.82) is 0 Å². The summed E-state index contributed by atoms with van der Waals surface area (Å²) in [5.74, 6) is 2.05. The minimum absolute atomic E-state index is 0.160. The van der Waals surface area contributed by atoms with Gasteiger partial charge in [-0.2, -0.15) is 4.98 Å². The molecule has 108 valence electrons. The summed E-state index contributed by atoms with van der Waals surface area (Å²) in [6.07, 6.45) is 0. The van der Waals surface area contributed by atoms with Crippen LogP contribution in [-0.4, -0.2) is 48.8 Å². The maximum atomic E-state index is 5.42. The van der Waals surface area contributed by atoms with E-state index in [-0.39, 0.29) is 6.04 Å². The highest BCUT2D eigenvalue weighted by atomic mass is 32.1. The maximum Gasteiger partial charge on any atom is 0.271 e. The fraction of sp³-hybridized carbons (Fsp3) is 0.538. The van der Waals surface area contributed by atoms with Gasteiger partial charge < -0.3 is 14.6 Å². The zero-order valence-corrected chi connectivity index (χ0v) is 12.7. The van der Waals surface area contributed by atoms with Gasteiger partial charge in [-0.05, 0) is 20.0 Å². The minimum Gasteiger partial charge on any atom is -0.495 e. The van der Waals surface area contributed by atoms with Gasteiger partial charge in [0.15, 0.2) is 5.82 Å². The number of aryl methyl sites for hydroxylation is 1. The molecule has 0 saturated carbocycles. The van der Waals surface area contributed by atoms with Crippen LogP contribution in [0.15, 0.2) is 10.6 Å². The molecule has 0 amide bonds. The first kappa shape index (κ1) is 13.5. The molecule has 1 fully saturated rings. The highest BCUT2D eigenvalue weighted by Gasteiger charge is 2.26. The van der Waals surface area contributed by atoms with Crippen molar-refractivity contribution >= 4 is 11.3 Å². The number of thiophene rings is 1. The lowest BCUT2D eigenvalue weighted by molar-refractivity contribution is 0.190. The smallest absolute Gasteiger partial charge is 0.271 e. The monoisotopic (exact) mass is 294 g/mol. The van der Waals surface area contributed by atoms with Gasteiger partial charge in [-0.3, -0.25) is 4.90 Å². The van der Waals surface area contributed by atoms with Crippen LogP contribution in [0, 0.1) is 6.92 Å². The Morgan fingerprint density at radius 3 is 3.15 bits per heavy atom. The summed E-state index contributed by atoms with van der Waals surface area (Å²) in [6, 6.07) is 2.14. The minimum atomic E-state index is 0.160. The Hall–Kier alpha value is -1.44. The molecule has 0 aromatic carbocycles. The molecule has 0 spiro atoms. The number of likely N-dealkylation sites (N-methyl/N-ethyl adjacent to an activating group) is 1. The summed E-state index contributed by atoms with van der Waals surface area (Å²) < 4.78 is 10.8. The average Bonchev–Trinajstić information content (AvgIpc) is 3.05. The predicted molar refractivity (Wildman–Crippen MR) is 77.1 cm³/mol. The third-order valence-corrected chi connectivity index (χ3v) is 4.51. The quantitative estimate of drug-likeness (QED) is 0.929. The number of nitrogens with zero attached hydrogens (tertiary/aromatic N) is 3. The molecule has 1 aliphatic rings. The summed E-state index contributed by atoms with van der Waals surface area (Å²) >= 11 is 1.60. The van der Waals surface area contributed by atoms with E-state index in [0.29, 0.717) is 5.89 Å². The first-order valence-corrected chi connectivity index (χ1v) is 7.40. The van der Waals surface area contributed by atoms with Crippen LogP contribution in [0.3, 0.4) is 0 Å². The normalized spacial score (nSPS) is 20.2. The van der Waals surface area contributed by atoms with Crippen LogP contribution < -0.4 is 10.1 Å². The second-order valence-corrected chi connectivity index (χ2v) is 6.17. The molecule has 1 N–H and O–H groups in total. The molecule has 1 saturated heterocycles. The van der Waals surface area contributed by atoms with Gasteiger partial charge in [0.1, 0.15) is 10.6 Å². The number of ether oxygens (including phenoxy) is 1. The van der Waals surface area contributed by atoms with E-state index in [2.05, 4.69) is 27.4 Å². The zero-order valence-electron chi connectivity index (χ0n) is 11.8. The Bertz CT molecular complexity index is 595. The standard InChI is InChI=1S/C13H18N4O2S/c1-8-6-10(18-3)11(20-8)13-15-12(16-19-13)9-7-14-4-5-17(9)2/h6,9,14H,4-5,7H2,1-3H3. The molecule has 1 atom stereocenters. The number of piperazine rings is 1. The van der Waals surface area contributed by atoms with Crippen molar-refractivity contribution in [1.82, 2.24) is 20.4 Å². The van der Waals surface area contributed by atoms with Crippen molar-refractivity contribution in [2.24, 2.45) is 0 Å². The van der Waals surface area contributed by atoms with Crippen LogP contribution in [0.4, 0.5) is 0 Å². The van der Waals surface area contributed by atoms with Crippen molar-refractivity contribution < 1.29 is 9.26 Å². The first-order chi connectivity index (χ1) is 9.69. The molecule has 0 aliphatic carbocycles. The summed E-state index contributed by atoms with van der Waals surface area (Å²) in [5.41, 5.74) is 0. The van der Waals surface area contributed by atoms with Gasteiger partial charge in [0.05, 0.1) is 13.2 Å². The fourth-order valence-electron chi connectivity index (χ4n) is 2.35. The van der Waals surface area contributed by atoms with Gasteiger partial charge in [-0.25, -0.2) is 0 Å². The number of methoxy groups -OCH3 is 1. The lowest BCUT2D eigenvalue weighted by Crippen LogP contribution is -2.44. The van der Waals surface area contributed by atoms with Gasteiger partial charge >= 0.3 is 0 Å². The van der Waals surface area contributed by atoms with E-state index in [4.69, 9.17) is 9.26 Å². The molecule has 3 heterocycles. The Morgan fingerprint density at radius 1 is 1.55 bits per heavy atom. The summed E-state index contributed by atoms with van der Waals surface area (Å²) in [6.45, 7) is 4.86. The van der Waals surface area contributed by atoms with Crippen molar-refractivity contribution in [3.63, 3.8) is 0 Å². The van der Waals surface area contributed by atoms with E-state index in [0.717, 1.165) is 41.0 Å². The lowest BCUT2D eigenvalue weighted by Gasteiger charge is -2.30. The van der Waals surface area contributed by atoms with Gasteiger partial charge in [0.25, 0.3) is 5.89 Å². The summed E-state index contributed by atoms with van der Waals surface area (Å²) in [5, 5.41) is 7.49. The van der Waals surface area contributed by atoms with E-state index < -0.39 is 0 Å². The Labute approximate surface area is 121 Å². The van der Waals surface area contributed by atoms with E-state index in [1.807, 2.05) is 13.0 Å². The molecule has 20 heavy (non-hydrogen) atoms. The predicted octanol–water partition coefficient (Wildman–Crippen LogP) is 1.69. The largest absolute Gasteiger partial charge is 0.495 e. The lowest BCUT2D eigenvalue weighted by atomic mass is 10.2. The molecule has 2 aromatic rings. The molecule has 0 bridgehead atoms. The Kier molecular flexibility index (Phi) is 3.73. The molecule has 7 heteroatoms. The van der Waals surface area contributed by atoms with Crippen molar-refractivity contribution in [2.45, 2.75) is 13.0 Å². The second-order valence-electron chi connectivity index (χ2n) is 4.91. The Morgan fingerprint density at radius 2 is 2.40 bits per heavy atom. The van der Waals surface area contributed by atoms with Gasteiger partial charge in [0, 0.05) is 24.5 Å².